The van der Waals surface area contributed by atoms with E-state index >= 15 is 17.6 Å². The van der Waals surface area contributed by atoms with Crippen LogP contribution in [0.4, 0.5) is 43.9 Å². The summed E-state index contributed by atoms with van der Waals surface area (Å²) in [5.74, 6) is -14.6. The van der Waals surface area contributed by atoms with Crippen LogP contribution in [0.25, 0.3) is 41.1 Å². The van der Waals surface area contributed by atoms with Gasteiger partial charge in [-0.2, -0.15) is 0 Å². The van der Waals surface area contributed by atoms with Crippen LogP contribution in [-0.4, -0.2) is 16.1 Å². The second-order valence-corrected chi connectivity index (χ2v) is 29.9. The number of halogens is 10. The maximum absolute atomic E-state index is 15.5. The molecule has 0 radical (unpaired) electrons. The predicted octanol–water partition coefficient (Wildman–Crippen LogP) is 16.0. The highest BCUT2D eigenvalue weighted by Crippen LogP contribution is 2.49. The highest BCUT2D eigenvalue weighted by molar-refractivity contribution is 7.24. The molecule has 310 valence electrons. The Morgan fingerprint density at radius 1 is 0.379 bits per heavy atom. The third-order valence-corrected chi connectivity index (χ3v) is 26.8. The quantitative estimate of drug-likeness (QED) is 0.0479. The fourth-order valence-corrected chi connectivity index (χ4v) is 22.0. The van der Waals surface area contributed by atoms with Crippen molar-refractivity contribution in [2.45, 2.75) is 116 Å². The van der Waals surface area contributed by atoms with Gasteiger partial charge in [-0.05, 0) is 45.4 Å². The zero-order valence-electron chi connectivity index (χ0n) is 34.2. The third kappa shape index (κ3) is 7.03. The standard InChI is InChI=1S/C44H44F10S2Si2/c1-19(2)57(20(3)4,21(5)6)15-13-25-27-17-29(31-33(45)37(49)41(53)38(50)34(31)46)56-44(27)26(14-16-58(22(7)8,23(9)10)24(11)12)28-18-30(55-43(25)28)32-35(47)39(51)42(54)40(52)36(32)48/h17-24H,1-12H3. The van der Waals surface area contributed by atoms with Crippen LogP contribution in [0.1, 0.15) is 94.2 Å². The highest BCUT2D eigenvalue weighted by atomic mass is 32.1. The zero-order chi connectivity index (χ0) is 43.7. The van der Waals surface area contributed by atoms with E-state index in [1.54, 1.807) is 0 Å². The molecular weight excluding hydrogens is 839 g/mol. The van der Waals surface area contributed by atoms with Crippen LogP contribution < -0.4 is 0 Å². The molecule has 2 aromatic heterocycles. The lowest BCUT2D eigenvalue weighted by molar-refractivity contribution is 0.381. The molecule has 0 spiro atoms. The molecule has 0 aliphatic rings. The van der Waals surface area contributed by atoms with Crippen molar-refractivity contribution < 1.29 is 43.9 Å². The molecule has 5 rings (SSSR count). The summed E-state index contributed by atoms with van der Waals surface area (Å²) in [6.45, 7) is 24.8. The number of hydrogen-bond donors (Lipinski definition) is 0. The lowest BCUT2D eigenvalue weighted by Gasteiger charge is -2.38. The number of fused-ring (bicyclic) bond motifs is 2. The Hall–Kier alpha value is -3.57. The van der Waals surface area contributed by atoms with Crippen LogP contribution in [0.15, 0.2) is 12.1 Å². The molecule has 0 N–H and O–H groups in total. The summed E-state index contributed by atoms with van der Waals surface area (Å²) in [7, 11) is -5.13. The van der Waals surface area contributed by atoms with Gasteiger partial charge >= 0.3 is 0 Å². The first-order valence-electron chi connectivity index (χ1n) is 19.0. The molecule has 0 bridgehead atoms. The minimum atomic E-state index is -2.57. The topological polar surface area (TPSA) is 0 Å². The molecular formula is C44H44F10S2Si2. The lowest BCUT2D eigenvalue weighted by Crippen LogP contribution is -2.43. The second kappa shape index (κ2) is 16.5. The van der Waals surface area contributed by atoms with E-state index in [-0.39, 0.29) is 74.3 Å². The Bertz CT molecular complexity index is 2240. The molecule has 0 aliphatic heterocycles. The maximum Gasteiger partial charge on any atom is 0.200 e. The third-order valence-electron chi connectivity index (χ3n) is 11.9. The van der Waals surface area contributed by atoms with E-state index in [2.05, 4.69) is 106 Å². The number of thiophene rings is 2. The summed E-state index contributed by atoms with van der Waals surface area (Å²) in [5, 5.41) is 0.452. The van der Waals surface area contributed by atoms with Gasteiger partial charge in [0.25, 0.3) is 0 Å². The van der Waals surface area contributed by atoms with Crippen molar-refractivity contribution in [3.63, 3.8) is 0 Å². The molecule has 0 amide bonds. The lowest BCUT2D eigenvalue weighted by atomic mass is 10.0. The fourth-order valence-electron chi connectivity index (χ4n) is 9.11. The van der Waals surface area contributed by atoms with Crippen molar-refractivity contribution in [2.24, 2.45) is 0 Å². The molecule has 3 aromatic carbocycles. The smallest absolute Gasteiger partial charge is 0.200 e. The van der Waals surface area contributed by atoms with Crippen LogP contribution >= 0.6 is 22.7 Å². The average Bonchev–Trinajstić information content (AvgIpc) is 3.77. The van der Waals surface area contributed by atoms with Gasteiger partial charge in [0.15, 0.2) is 46.5 Å². The van der Waals surface area contributed by atoms with E-state index in [0.29, 0.717) is 22.7 Å². The molecule has 0 fully saturated rings. The van der Waals surface area contributed by atoms with Gasteiger partial charge in [0.05, 0.1) is 31.7 Å². The van der Waals surface area contributed by atoms with E-state index < -0.39 is 85.4 Å². The largest absolute Gasteiger partial charge is 0.203 e. The van der Waals surface area contributed by atoms with Crippen molar-refractivity contribution in [3.8, 4) is 43.8 Å². The van der Waals surface area contributed by atoms with Crippen molar-refractivity contribution >= 4 is 59.0 Å². The van der Waals surface area contributed by atoms with Crippen molar-refractivity contribution in [2.75, 3.05) is 0 Å². The van der Waals surface area contributed by atoms with Crippen molar-refractivity contribution in [1.29, 1.82) is 0 Å². The summed E-state index contributed by atoms with van der Waals surface area (Å²) in [6.07, 6.45) is 0. The minimum Gasteiger partial charge on any atom is -0.203 e. The monoisotopic (exact) mass is 882 g/mol. The summed E-state index contributed by atoms with van der Waals surface area (Å²) in [4.78, 5) is -0.626. The molecule has 14 heteroatoms. The van der Waals surface area contributed by atoms with Crippen molar-refractivity contribution in [1.82, 2.24) is 0 Å². The first-order chi connectivity index (χ1) is 26.9. The van der Waals surface area contributed by atoms with Crippen LogP contribution in [0.2, 0.25) is 33.2 Å². The van der Waals surface area contributed by atoms with Gasteiger partial charge in [-0.1, -0.05) is 94.9 Å². The Labute approximate surface area is 343 Å². The van der Waals surface area contributed by atoms with Crippen molar-refractivity contribution in [3.05, 3.63) is 81.4 Å². The van der Waals surface area contributed by atoms with Gasteiger partial charge in [-0.25, -0.2) is 43.9 Å². The van der Waals surface area contributed by atoms with Gasteiger partial charge in [-0.15, -0.1) is 33.8 Å². The van der Waals surface area contributed by atoms with Crippen LogP contribution in [-0.2, 0) is 0 Å². The van der Waals surface area contributed by atoms with Gasteiger partial charge in [-0.3, -0.25) is 0 Å². The second-order valence-electron chi connectivity index (χ2n) is 16.6. The van der Waals surface area contributed by atoms with Gasteiger partial charge in [0, 0.05) is 20.5 Å². The van der Waals surface area contributed by atoms with Gasteiger partial charge in [0.1, 0.15) is 16.1 Å². The Balaban J connectivity index is 2.10. The molecule has 0 saturated heterocycles. The average molecular weight is 883 g/mol. The Morgan fingerprint density at radius 2 is 0.603 bits per heavy atom. The Morgan fingerprint density at radius 3 is 0.828 bits per heavy atom. The summed E-state index contributed by atoms with van der Waals surface area (Å²) in [6, 6.07) is 2.54. The number of hydrogen-bond acceptors (Lipinski definition) is 2. The molecule has 2 heterocycles. The fraction of sp³-hybridized carbons (Fsp3) is 0.409. The van der Waals surface area contributed by atoms with Crippen LogP contribution in [0.3, 0.4) is 0 Å². The normalized spacial score (nSPS) is 12.6. The maximum atomic E-state index is 15.5. The van der Waals surface area contributed by atoms with E-state index in [4.69, 9.17) is 0 Å². The molecule has 0 atom stereocenters. The molecule has 0 aliphatic carbocycles. The van der Waals surface area contributed by atoms with E-state index in [9.17, 15) is 26.3 Å². The van der Waals surface area contributed by atoms with Crippen LogP contribution in [0.5, 0.6) is 0 Å². The Kier molecular flexibility index (Phi) is 12.9. The summed E-state index contributed by atoms with van der Waals surface area (Å²) in [5.41, 5.74) is 6.02. The summed E-state index contributed by atoms with van der Waals surface area (Å²) >= 11 is 1.42. The first kappa shape index (κ1) is 45.5. The molecule has 58 heavy (non-hydrogen) atoms. The van der Waals surface area contributed by atoms with E-state index in [1.165, 1.54) is 12.1 Å². The van der Waals surface area contributed by atoms with E-state index in [0.717, 1.165) is 0 Å². The van der Waals surface area contributed by atoms with Gasteiger partial charge in [0.2, 0.25) is 11.6 Å². The number of rotatable bonds is 8. The van der Waals surface area contributed by atoms with E-state index in [1.807, 2.05) is 0 Å². The first-order valence-corrected chi connectivity index (χ1v) is 25.1. The molecule has 5 aromatic rings. The van der Waals surface area contributed by atoms with Crippen LogP contribution in [0, 0.1) is 81.1 Å². The highest BCUT2D eigenvalue weighted by Gasteiger charge is 2.43. The molecule has 0 nitrogen and oxygen atoms in total. The minimum absolute atomic E-state index is 0.121. The predicted molar refractivity (Wildman–Crippen MR) is 224 cm³/mol. The zero-order valence-corrected chi connectivity index (χ0v) is 37.8. The molecule has 0 unspecified atom stereocenters. The number of benzene rings is 3. The summed E-state index contributed by atoms with van der Waals surface area (Å²) < 4.78 is 150. The SMILES string of the molecule is CC(C)[Si](C#Cc1c2cc(-c3c(F)c(F)c(F)c(F)c3F)sc2c(C#C[Si](C(C)C)(C(C)C)C(C)C)c2cc(-c3c(F)c(F)c(F)c(F)c3F)sc12)(C(C)C)C(C)C. The molecule has 0 saturated carbocycles. The van der Waals surface area contributed by atoms with Gasteiger partial charge < -0.3 is 0 Å².